The number of para-hydroxylation sites is 1. The molecular weight excluding hydrogens is 352 g/mol. The lowest BCUT2D eigenvalue weighted by Crippen LogP contribution is -2.64. The van der Waals surface area contributed by atoms with Crippen LogP contribution in [0.2, 0.25) is 0 Å². The van der Waals surface area contributed by atoms with E-state index in [4.69, 9.17) is 4.42 Å². The lowest BCUT2D eigenvalue weighted by molar-refractivity contribution is 0.0224. The number of aromatic nitrogens is 1. The number of benzene rings is 1. The van der Waals surface area contributed by atoms with E-state index in [0.717, 1.165) is 61.6 Å². The summed E-state index contributed by atoms with van der Waals surface area (Å²) in [5.41, 5.74) is 1.72. The van der Waals surface area contributed by atoms with Crippen molar-refractivity contribution >= 4 is 22.7 Å². The zero-order chi connectivity index (χ0) is 19.1. The monoisotopic (exact) mass is 376 g/mol. The molecule has 0 unspecified atom stereocenters. The van der Waals surface area contributed by atoms with Crippen molar-refractivity contribution in [1.82, 2.24) is 14.8 Å². The molecule has 0 radical (unpaired) electrons. The molecule has 0 N–H and O–H groups in total. The van der Waals surface area contributed by atoms with Gasteiger partial charge in [-0.3, -0.25) is 9.69 Å². The molecule has 2 aromatic heterocycles. The summed E-state index contributed by atoms with van der Waals surface area (Å²) in [5.74, 6) is 1.55. The molecule has 0 spiro atoms. The van der Waals surface area contributed by atoms with Gasteiger partial charge in [0.1, 0.15) is 11.4 Å². The van der Waals surface area contributed by atoms with Gasteiger partial charge >= 0.3 is 0 Å². The van der Waals surface area contributed by atoms with Gasteiger partial charge in [-0.1, -0.05) is 24.3 Å². The smallest absolute Gasteiger partial charge is 0.289 e. The van der Waals surface area contributed by atoms with Crippen LogP contribution in [0.1, 0.15) is 16.1 Å². The van der Waals surface area contributed by atoms with Gasteiger partial charge < -0.3 is 14.2 Å². The summed E-state index contributed by atoms with van der Waals surface area (Å²) in [4.78, 5) is 24.1. The average Bonchev–Trinajstić information content (AvgIpc) is 3.05. The van der Waals surface area contributed by atoms with Gasteiger partial charge in [0.05, 0.1) is 0 Å². The number of aryl methyl sites for hydroxylation is 1. The number of carbonyl (C=O) groups excluding carboxylic acids is 1. The molecular formula is C22H24N4O2. The number of likely N-dealkylation sites (tertiary alicyclic amines) is 1. The molecule has 5 rings (SSSR count). The van der Waals surface area contributed by atoms with Gasteiger partial charge in [-0.15, -0.1) is 0 Å². The van der Waals surface area contributed by atoms with E-state index in [0.29, 0.717) is 11.8 Å². The predicted molar refractivity (Wildman–Crippen MR) is 109 cm³/mol. The first kappa shape index (κ1) is 17.3. The van der Waals surface area contributed by atoms with E-state index in [1.165, 1.54) is 0 Å². The minimum absolute atomic E-state index is 0.0112. The molecule has 6 nitrogen and oxygen atoms in total. The van der Waals surface area contributed by atoms with Crippen LogP contribution in [-0.2, 0) is 0 Å². The highest BCUT2D eigenvalue weighted by Gasteiger charge is 2.38. The number of piperazine rings is 1. The van der Waals surface area contributed by atoms with Gasteiger partial charge in [0.15, 0.2) is 5.76 Å². The lowest BCUT2D eigenvalue weighted by Gasteiger charge is -2.48. The number of pyridine rings is 1. The molecule has 1 amide bonds. The van der Waals surface area contributed by atoms with Crippen LogP contribution >= 0.6 is 0 Å². The van der Waals surface area contributed by atoms with Crippen molar-refractivity contribution in [3.05, 3.63) is 60.0 Å². The number of nitrogens with zero attached hydrogens (tertiary/aromatic N) is 4. The highest BCUT2D eigenvalue weighted by molar-refractivity contribution is 5.99. The fourth-order valence-electron chi connectivity index (χ4n) is 4.23. The van der Waals surface area contributed by atoms with Crippen LogP contribution in [0, 0.1) is 6.92 Å². The zero-order valence-electron chi connectivity index (χ0n) is 16.0. The summed E-state index contributed by atoms with van der Waals surface area (Å²) in [6.45, 7) is 7.49. The molecule has 0 bridgehead atoms. The number of rotatable bonds is 3. The molecule has 3 aromatic rings. The first-order chi connectivity index (χ1) is 13.7. The second-order valence-corrected chi connectivity index (χ2v) is 7.63. The van der Waals surface area contributed by atoms with E-state index in [-0.39, 0.29) is 5.91 Å². The Morgan fingerprint density at radius 1 is 1.04 bits per heavy atom. The molecule has 2 fully saturated rings. The topological polar surface area (TPSA) is 52.8 Å². The van der Waals surface area contributed by atoms with Gasteiger partial charge in [-0.2, -0.15) is 0 Å². The molecule has 2 aliphatic heterocycles. The number of fused-ring (bicyclic) bond motifs is 1. The maximum Gasteiger partial charge on any atom is 0.289 e. The number of amides is 1. The molecule has 0 atom stereocenters. The minimum atomic E-state index is 0.0112. The fraction of sp³-hybridized carbons (Fsp3) is 0.364. The highest BCUT2D eigenvalue weighted by atomic mass is 16.3. The van der Waals surface area contributed by atoms with Gasteiger partial charge in [0.25, 0.3) is 5.91 Å². The van der Waals surface area contributed by atoms with Gasteiger partial charge in [0.2, 0.25) is 0 Å². The zero-order valence-corrected chi connectivity index (χ0v) is 16.0. The van der Waals surface area contributed by atoms with Crippen LogP contribution < -0.4 is 4.90 Å². The van der Waals surface area contributed by atoms with Gasteiger partial charge in [-0.05, 0) is 25.1 Å². The first-order valence-corrected chi connectivity index (χ1v) is 9.88. The second-order valence-electron chi connectivity index (χ2n) is 7.63. The average molecular weight is 376 g/mol. The van der Waals surface area contributed by atoms with Crippen molar-refractivity contribution < 1.29 is 9.21 Å². The van der Waals surface area contributed by atoms with Crippen molar-refractivity contribution in [1.29, 1.82) is 0 Å². The third kappa shape index (κ3) is 2.94. The fourth-order valence-corrected chi connectivity index (χ4v) is 4.23. The largest absolute Gasteiger partial charge is 0.451 e. The Morgan fingerprint density at radius 3 is 2.50 bits per heavy atom. The molecule has 28 heavy (non-hydrogen) atoms. The summed E-state index contributed by atoms with van der Waals surface area (Å²) >= 11 is 0. The van der Waals surface area contributed by atoms with Gasteiger partial charge in [-0.25, -0.2) is 4.98 Å². The Morgan fingerprint density at radius 2 is 1.79 bits per heavy atom. The van der Waals surface area contributed by atoms with Crippen LogP contribution in [-0.4, -0.2) is 66.0 Å². The Labute approximate surface area is 164 Å². The predicted octanol–water partition coefficient (Wildman–Crippen LogP) is 2.78. The Bertz CT molecular complexity index is 986. The van der Waals surface area contributed by atoms with Crippen LogP contribution in [0.5, 0.6) is 0 Å². The molecule has 1 aromatic carbocycles. The number of hydrogen-bond acceptors (Lipinski definition) is 5. The van der Waals surface area contributed by atoms with Crippen LogP contribution in [0.3, 0.4) is 0 Å². The van der Waals surface area contributed by atoms with Crippen molar-refractivity contribution in [2.24, 2.45) is 0 Å². The van der Waals surface area contributed by atoms with E-state index >= 15 is 0 Å². The van der Waals surface area contributed by atoms with E-state index in [1.54, 1.807) is 0 Å². The second kappa shape index (κ2) is 6.95. The third-order valence-corrected chi connectivity index (χ3v) is 5.99. The van der Waals surface area contributed by atoms with Crippen LogP contribution in [0.4, 0.5) is 5.82 Å². The summed E-state index contributed by atoms with van der Waals surface area (Å²) < 4.78 is 5.84. The molecule has 4 heterocycles. The van der Waals surface area contributed by atoms with Crippen molar-refractivity contribution in [2.75, 3.05) is 44.2 Å². The summed E-state index contributed by atoms with van der Waals surface area (Å²) in [5, 5.41) is 1.02. The Hall–Kier alpha value is -2.86. The molecule has 0 saturated carbocycles. The number of anilines is 1. The number of hydrogen-bond donors (Lipinski definition) is 0. The first-order valence-electron chi connectivity index (χ1n) is 9.88. The maximum atomic E-state index is 12.9. The van der Waals surface area contributed by atoms with Crippen LogP contribution in [0.25, 0.3) is 11.0 Å². The van der Waals surface area contributed by atoms with Crippen molar-refractivity contribution in [3.8, 4) is 0 Å². The molecule has 2 aliphatic rings. The normalized spacial score (nSPS) is 18.5. The van der Waals surface area contributed by atoms with Crippen molar-refractivity contribution in [2.45, 2.75) is 13.0 Å². The Kier molecular flexibility index (Phi) is 4.28. The lowest BCUT2D eigenvalue weighted by atomic mass is 10.0. The molecule has 2 saturated heterocycles. The molecule has 6 heteroatoms. The maximum absolute atomic E-state index is 12.9. The molecule has 144 valence electrons. The SMILES string of the molecule is Cc1c(C(=O)N2CC(N3CCN(c4ccccn4)CC3)C2)oc2ccccc12. The quantitative estimate of drug-likeness (QED) is 0.704. The number of furan rings is 1. The van der Waals surface area contributed by atoms with E-state index in [1.807, 2.05) is 54.4 Å². The van der Waals surface area contributed by atoms with E-state index in [9.17, 15) is 4.79 Å². The number of carbonyl (C=O) groups is 1. The summed E-state index contributed by atoms with van der Waals surface area (Å²) in [6, 6.07) is 14.3. The third-order valence-electron chi connectivity index (χ3n) is 5.99. The standard InChI is InChI=1S/C22H24N4O2/c1-16-18-6-2-3-7-19(18)28-21(16)22(27)26-14-17(15-26)24-10-12-25(13-11-24)20-8-4-5-9-23-20/h2-9,17H,10-15H2,1H3. The molecule has 0 aliphatic carbocycles. The summed E-state index contributed by atoms with van der Waals surface area (Å²) in [7, 11) is 0. The van der Waals surface area contributed by atoms with Crippen LogP contribution in [0.15, 0.2) is 53.1 Å². The Balaban J connectivity index is 1.19. The van der Waals surface area contributed by atoms with Gasteiger partial charge in [0, 0.05) is 62.5 Å². The minimum Gasteiger partial charge on any atom is -0.451 e. The summed E-state index contributed by atoms with van der Waals surface area (Å²) in [6.07, 6.45) is 1.84. The highest BCUT2D eigenvalue weighted by Crippen LogP contribution is 2.28. The van der Waals surface area contributed by atoms with E-state index in [2.05, 4.69) is 20.9 Å². The van der Waals surface area contributed by atoms with E-state index < -0.39 is 0 Å². The van der Waals surface area contributed by atoms with Crippen molar-refractivity contribution in [3.63, 3.8) is 0 Å².